The topological polar surface area (TPSA) is 65.0 Å². The molecule has 5 nitrogen and oxygen atoms in total. The second kappa shape index (κ2) is 10.3. The van der Waals surface area contributed by atoms with Crippen molar-refractivity contribution in [1.29, 1.82) is 0 Å². The Morgan fingerprint density at radius 1 is 1.35 bits per heavy atom. The molecule has 31 heavy (non-hydrogen) atoms. The maximum Gasteiger partial charge on any atom is 0.333 e. The molecule has 0 aromatic heterocycles. The Kier molecular flexibility index (Phi) is 7.95. The largest absolute Gasteiger partial charge is 0.429 e. The van der Waals surface area contributed by atoms with Crippen LogP contribution in [0.25, 0.3) is 0 Å². The fourth-order valence-electron chi connectivity index (χ4n) is 5.10. The molecule has 0 saturated carbocycles. The summed E-state index contributed by atoms with van der Waals surface area (Å²) in [6, 6.07) is 0. The third kappa shape index (κ3) is 5.97. The van der Waals surface area contributed by atoms with Crippen molar-refractivity contribution in [1.82, 2.24) is 0 Å². The minimum Gasteiger partial charge on any atom is -0.429 e. The summed E-state index contributed by atoms with van der Waals surface area (Å²) in [6.45, 7) is 9.32. The van der Waals surface area contributed by atoms with Crippen molar-refractivity contribution < 1.29 is 24.1 Å². The van der Waals surface area contributed by atoms with Crippen LogP contribution in [0, 0.1) is 5.41 Å². The zero-order valence-electron chi connectivity index (χ0n) is 19.7. The number of rotatable bonds is 8. The first-order valence-electron chi connectivity index (χ1n) is 11.5. The third-order valence-electron chi connectivity index (χ3n) is 6.95. The first kappa shape index (κ1) is 24.0. The number of methoxy groups -OCH3 is 1. The van der Waals surface area contributed by atoms with Crippen LogP contribution in [-0.4, -0.2) is 36.9 Å². The molecule has 0 spiro atoms. The summed E-state index contributed by atoms with van der Waals surface area (Å²) in [5, 5.41) is 9.87. The van der Waals surface area contributed by atoms with Gasteiger partial charge in [-0.2, -0.15) is 0 Å². The maximum absolute atomic E-state index is 11.4. The predicted molar refractivity (Wildman–Crippen MR) is 121 cm³/mol. The van der Waals surface area contributed by atoms with Crippen molar-refractivity contribution in [2.45, 2.75) is 97.7 Å². The lowest BCUT2D eigenvalue weighted by Gasteiger charge is -2.35. The Labute approximate surface area is 186 Å². The van der Waals surface area contributed by atoms with E-state index in [4.69, 9.17) is 14.2 Å². The quantitative estimate of drug-likeness (QED) is 0.406. The van der Waals surface area contributed by atoms with Crippen LogP contribution >= 0.6 is 0 Å². The molecule has 1 aliphatic carbocycles. The summed E-state index contributed by atoms with van der Waals surface area (Å²) in [5.74, 6) is -0.530. The lowest BCUT2D eigenvalue weighted by Crippen LogP contribution is -2.33. The van der Waals surface area contributed by atoms with Gasteiger partial charge >= 0.3 is 5.97 Å². The van der Waals surface area contributed by atoms with E-state index >= 15 is 0 Å². The summed E-state index contributed by atoms with van der Waals surface area (Å²) >= 11 is 0. The lowest BCUT2D eigenvalue weighted by molar-refractivity contribution is -0.157. The Hall–Kier alpha value is -1.69. The molecule has 3 aliphatic rings. The molecule has 5 heteroatoms. The van der Waals surface area contributed by atoms with Gasteiger partial charge in [0.1, 0.15) is 0 Å². The Balaban J connectivity index is 1.52. The maximum atomic E-state index is 11.4. The standard InChI is InChI=1S/C26H38O5/c1-17(11-13-21-18(2)9-7-15-26(21,3)4)8-6-10-19-12-14-22(30-25(19)29-5)20-16-23(27)31-24(20)28/h8,12,16,22,24-25,28H,6-7,9-11,13-15H2,1-5H3/b17-8+/t22-,24?,25+/m1/s1. The van der Waals surface area contributed by atoms with Gasteiger partial charge in [-0.15, -0.1) is 0 Å². The monoisotopic (exact) mass is 430 g/mol. The van der Waals surface area contributed by atoms with Crippen LogP contribution in [-0.2, 0) is 19.0 Å². The number of aliphatic hydroxyl groups is 1. The van der Waals surface area contributed by atoms with Gasteiger partial charge in [0.05, 0.1) is 6.10 Å². The smallest absolute Gasteiger partial charge is 0.333 e. The molecule has 2 heterocycles. The van der Waals surface area contributed by atoms with Crippen LogP contribution in [0.2, 0.25) is 0 Å². The number of allylic oxidation sites excluding steroid dienone is 4. The molecular weight excluding hydrogens is 392 g/mol. The molecule has 0 amide bonds. The van der Waals surface area contributed by atoms with Crippen LogP contribution < -0.4 is 0 Å². The van der Waals surface area contributed by atoms with E-state index in [1.54, 1.807) is 18.3 Å². The summed E-state index contributed by atoms with van der Waals surface area (Å²) < 4.78 is 16.3. The van der Waals surface area contributed by atoms with E-state index < -0.39 is 24.7 Å². The number of carbonyl (C=O) groups excluding carboxylic acids is 1. The van der Waals surface area contributed by atoms with Crippen LogP contribution in [0.1, 0.15) is 79.1 Å². The molecular formula is C26H38O5. The van der Waals surface area contributed by atoms with Crippen LogP contribution in [0.15, 0.2) is 46.1 Å². The molecule has 2 aliphatic heterocycles. The van der Waals surface area contributed by atoms with Gasteiger partial charge in [0.25, 0.3) is 0 Å². The van der Waals surface area contributed by atoms with E-state index in [1.807, 2.05) is 0 Å². The Bertz CT molecular complexity index is 799. The second-order valence-corrected chi connectivity index (χ2v) is 9.73. The first-order chi connectivity index (χ1) is 14.7. The van der Waals surface area contributed by atoms with E-state index in [-0.39, 0.29) is 0 Å². The molecule has 1 unspecified atom stereocenters. The van der Waals surface area contributed by atoms with Gasteiger partial charge in [0, 0.05) is 18.8 Å². The third-order valence-corrected chi connectivity index (χ3v) is 6.95. The SMILES string of the molecule is CO[C@H]1O[C@@H](C2=CC(=O)OC2O)CC=C1CC/C=C(\C)CCC1=C(C)CCCC1(C)C. The molecule has 0 aromatic carbocycles. The fraction of sp³-hybridized carbons (Fsp3) is 0.654. The zero-order valence-corrected chi connectivity index (χ0v) is 19.7. The number of aliphatic hydroxyl groups excluding tert-OH is 1. The fourth-order valence-corrected chi connectivity index (χ4v) is 5.10. The molecule has 0 saturated heterocycles. The number of esters is 1. The lowest BCUT2D eigenvalue weighted by atomic mass is 9.71. The molecule has 3 atom stereocenters. The molecule has 172 valence electrons. The number of hydrogen-bond donors (Lipinski definition) is 1. The van der Waals surface area contributed by atoms with E-state index in [2.05, 4.69) is 39.8 Å². The average Bonchev–Trinajstić information content (AvgIpc) is 3.05. The highest BCUT2D eigenvalue weighted by atomic mass is 16.7. The highest BCUT2D eigenvalue weighted by Crippen LogP contribution is 2.42. The van der Waals surface area contributed by atoms with Gasteiger partial charge < -0.3 is 19.3 Å². The predicted octanol–water partition coefficient (Wildman–Crippen LogP) is 5.51. The van der Waals surface area contributed by atoms with Crippen LogP contribution in [0.4, 0.5) is 0 Å². The molecule has 0 fully saturated rings. The van der Waals surface area contributed by atoms with Gasteiger partial charge in [0.15, 0.2) is 6.29 Å². The first-order valence-corrected chi connectivity index (χ1v) is 11.5. The van der Waals surface area contributed by atoms with Crippen molar-refractivity contribution in [3.05, 3.63) is 46.1 Å². The molecule has 3 rings (SSSR count). The summed E-state index contributed by atoms with van der Waals surface area (Å²) in [6.07, 6.45) is 12.2. The normalized spacial score (nSPS) is 29.0. The van der Waals surface area contributed by atoms with E-state index in [9.17, 15) is 9.90 Å². The van der Waals surface area contributed by atoms with E-state index in [0.29, 0.717) is 17.4 Å². The molecule has 1 N–H and O–H groups in total. The molecule has 0 radical (unpaired) electrons. The number of cyclic esters (lactones) is 1. The van der Waals surface area contributed by atoms with Crippen molar-refractivity contribution in [2.75, 3.05) is 7.11 Å². The van der Waals surface area contributed by atoms with E-state index in [0.717, 1.165) is 31.3 Å². The Morgan fingerprint density at radius 2 is 2.13 bits per heavy atom. The average molecular weight is 431 g/mol. The molecule has 0 bridgehead atoms. The number of hydrogen-bond acceptors (Lipinski definition) is 5. The van der Waals surface area contributed by atoms with Crippen molar-refractivity contribution in [3.8, 4) is 0 Å². The van der Waals surface area contributed by atoms with E-state index in [1.165, 1.54) is 30.9 Å². The van der Waals surface area contributed by atoms with Gasteiger partial charge in [-0.25, -0.2) is 4.79 Å². The molecule has 0 aromatic rings. The summed E-state index contributed by atoms with van der Waals surface area (Å²) in [4.78, 5) is 11.4. The van der Waals surface area contributed by atoms with Gasteiger partial charge in [-0.05, 0) is 76.2 Å². The van der Waals surface area contributed by atoms with Gasteiger partial charge in [0.2, 0.25) is 6.29 Å². The van der Waals surface area contributed by atoms with Gasteiger partial charge in [-0.1, -0.05) is 42.7 Å². The van der Waals surface area contributed by atoms with Crippen molar-refractivity contribution in [3.63, 3.8) is 0 Å². The van der Waals surface area contributed by atoms with Gasteiger partial charge in [-0.3, -0.25) is 0 Å². The second-order valence-electron chi connectivity index (χ2n) is 9.73. The summed E-state index contributed by atoms with van der Waals surface area (Å²) in [5.41, 5.74) is 6.60. The van der Waals surface area contributed by atoms with Crippen molar-refractivity contribution in [2.24, 2.45) is 5.41 Å². The minimum absolute atomic E-state index is 0.340. The summed E-state index contributed by atoms with van der Waals surface area (Å²) in [7, 11) is 1.62. The van der Waals surface area contributed by atoms with Crippen LogP contribution in [0.3, 0.4) is 0 Å². The highest BCUT2D eigenvalue weighted by Gasteiger charge is 2.35. The zero-order chi connectivity index (χ0) is 22.6. The van der Waals surface area contributed by atoms with Crippen molar-refractivity contribution >= 4 is 5.97 Å². The number of ether oxygens (including phenoxy) is 3. The minimum atomic E-state index is -1.22. The Morgan fingerprint density at radius 3 is 2.77 bits per heavy atom. The van der Waals surface area contributed by atoms with Crippen LogP contribution in [0.5, 0.6) is 0 Å². The number of carbonyl (C=O) groups is 1. The highest BCUT2D eigenvalue weighted by molar-refractivity contribution is 5.85.